The molecule has 4 nitrogen and oxygen atoms in total. The molecule has 0 spiro atoms. The molecule has 0 saturated carbocycles. The molecule has 0 aliphatic heterocycles. The van der Waals surface area contributed by atoms with E-state index in [0.29, 0.717) is 25.0 Å². The van der Waals surface area contributed by atoms with E-state index in [0.717, 1.165) is 12.8 Å². The molecule has 0 heterocycles. The van der Waals surface area contributed by atoms with Crippen molar-refractivity contribution in [2.45, 2.75) is 46.6 Å². The van der Waals surface area contributed by atoms with Crippen LogP contribution in [0.5, 0.6) is 0 Å². The van der Waals surface area contributed by atoms with E-state index in [1.165, 1.54) is 0 Å². The van der Waals surface area contributed by atoms with Crippen LogP contribution in [0.15, 0.2) is 0 Å². The fourth-order valence-electron chi connectivity index (χ4n) is 1.29. The number of nitrogens with one attached hydrogen (secondary N) is 2. The average molecular weight is 250 g/mol. The topological polar surface area (TPSA) is 58.2 Å². The number of sulfonamides is 1. The van der Waals surface area contributed by atoms with Gasteiger partial charge in [-0.3, -0.25) is 0 Å². The highest BCUT2D eigenvalue weighted by atomic mass is 32.2. The van der Waals surface area contributed by atoms with E-state index in [4.69, 9.17) is 0 Å². The first-order valence-corrected chi connectivity index (χ1v) is 7.69. The maximum Gasteiger partial charge on any atom is 0.212 e. The van der Waals surface area contributed by atoms with Crippen molar-refractivity contribution < 1.29 is 8.42 Å². The lowest BCUT2D eigenvalue weighted by molar-refractivity contribution is 0.536. The maximum absolute atomic E-state index is 11.5. The molecule has 0 unspecified atom stereocenters. The molecule has 16 heavy (non-hydrogen) atoms. The van der Waals surface area contributed by atoms with Crippen molar-refractivity contribution >= 4 is 10.0 Å². The van der Waals surface area contributed by atoms with E-state index < -0.39 is 10.0 Å². The lowest BCUT2D eigenvalue weighted by Crippen LogP contribution is -2.34. The van der Waals surface area contributed by atoms with Crippen molar-refractivity contribution in [2.75, 3.05) is 18.8 Å². The van der Waals surface area contributed by atoms with Crippen LogP contribution in [0.1, 0.15) is 40.5 Å². The zero-order valence-electron chi connectivity index (χ0n) is 10.9. The Morgan fingerprint density at radius 3 is 2.19 bits per heavy atom. The second-order valence-corrected chi connectivity index (χ2v) is 6.78. The number of rotatable bonds is 9. The Morgan fingerprint density at radius 1 is 1.06 bits per heavy atom. The normalized spacial score (nSPS) is 12.6. The van der Waals surface area contributed by atoms with Gasteiger partial charge in [-0.05, 0) is 18.8 Å². The third kappa shape index (κ3) is 10.4. The zero-order valence-corrected chi connectivity index (χ0v) is 11.7. The highest BCUT2D eigenvalue weighted by molar-refractivity contribution is 7.89. The Labute approximate surface area is 100 Å². The van der Waals surface area contributed by atoms with Crippen LogP contribution in [0.2, 0.25) is 0 Å². The summed E-state index contributed by atoms with van der Waals surface area (Å²) in [5.41, 5.74) is 0. The fourth-order valence-corrected chi connectivity index (χ4v) is 2.28. The van der Waals surface area contributed by atoms with Gasteiger partial charge >= 0.3 is 0 Å². The summed E-state index contributed by atoms with van der Waals surface area (Å²) in [5.74, 6) is 0.791. The minimum Gasteiger partial charge on any atom is -0.313 e. The molecule has 98 valence electrons. The van der Waals surface area contributed by atoms with E-state index in [1.807, 2.05) is 13.8 Å². The minimum absolute atomic E-state index is 0.160. The largest absolute Gasteiger partial charge is 0.313 e. The van der Waals surface area contributed by atoms with Crippen molar-refractivity contribution in [1.29, 1.82) is 0 Å². The van der Waals surface area contributed by atoms with Crippen LogP contribution in [-0.4, -0.2) is 33.3 Å². The van der Waals surface area contributed by atoms with Gasteiger partial charge < -0.3 is 5.32 Å². The highest BCUT2D eigenvalue weighted by Crippen LogP contribution is 2.02. The van der Waals surface area contributed by atoms with Crippen LogP contribution in [0, 0.1) is 5.92 Å². The van der Waals surface area contributed by atoms with Gasteiger partial charge in [-0.15, -0.1) is 0 Å². The lowest BCUT2D eigenvalue weighted by atomic mass is 10.1. The van der Waals surface area contributed by atoms with Crippen molar-refractivity contribution in [2.24, 2.45) is 5.92 Å². The Balaban J connectivity index is 3.63. The molecule has 0 atom stereocenters. The first-order valence-electron chi connectivity index (χ1n) is 6.04. The van der Waals surface area contributed by atoms with E-state index in [1.54, 1.807) is 0 Å². The Kier molecular flexibility index (Phi) is 7.97. The second kappa shape index (κ2) is 8.03. The lowest BCUT2D eigenvalue weighted by Gasteiger charge is -2.10. The highest BCUT2D eigenvalue weighted by Gasteiger charge is 2.09. The van der Waals surface area contributed by atoms with Crippen molar-refractivity contribution in [1.82, 2.24) is 10.0 Å². The maximum atomic E-state index is 11.5. The third-order valence-corrected chi connectivity index (χ3v) is 3.59. The quantitative estimate of drug-likeness (QED) is 0.607. The van der Waals surface area contributed by atoms with Gasteiger partial charge in [0.1, 0.15) is 0 Å². The molecule has 0 aromatic rings. The van der Waals surface area contributed by atoms with Crippen LogP contribution in [0.3, 0.4) is 0 Å². The standard InChI is InChI=1S/C11H26N2O2S/c1-10(2)6-5-7-13-16(14,15)9-8-12-11(3)4/h10-13H,5-9H2,1-4H3. The summed E-state index contributed by atoms with van der Waals surface area (Å²) in [5, 5.41) is 3.09. The van der Waals surface area contributed by atoms with Gasteiger partial charge in [0.2, 0.25) is 10.0 Å². The fraction of sp³-hybridized carbons (Fsp3) is 1.00. The molecule has 0 amide bonds. The molecular weight excluding hydrogens is 224 g/mol. The van der Waals surface area contributed by atoms with Crippen LogP contribution < -0.4 is 10.0 Å². The SMILES string of the molecule is CC(C)CCCNS(=O)(=O)CCNC(C)C. The molecular formula is C11H26N2O2S. The molecule has 0 bridgehead atoms. The Morgan fingerprint density at radius 2 is 1.69 bits per heavy atom. The van der Waals surface area contributed by atoms with Crippen LogP contribution >= 0.6 is 0 Å². The molecule has 0 aliphatic carbocycles. The van der Waals surface area contributed by atoms with Gasteiger partial charge in [-0.1, -0.05) is 27.7 Å². The Bertz CT molecular complexity index is 261. The number of hydrogen-bond donors (Lipinski definition) is 2. The summed E-state index contributed by atoms with van der Waals surface area (Å²) in [6.45, 7) is 9.35. The summed E-state index contributed by atoms with van der Waals surface area (Å²) in [6.07, 6.45) is 1.97. The van der Waals surface area contributed by atoms with Crippen molar-refractivity contribution in [3.63, 3.8) is 0 Å². The van der Waals surface area contributed by atoms with E-state index in [9.17, 15) is 8.42 Å². The van der Waals surface area contributed by atoms with Crippen molar-refractivity contribution in [3.8, 4) is 0 Å². The van der Waals surface area contributed by atoms with Gasteiger partial charge in [0.05, 0.1) is 5.75 Å². The van der Waals surface area contributed by atoms with E-state index in [2.05, 4.69) is 23.9 Å². The number of hydrogen-bond acceptors (Lipinski definition) is 3. The minimum atomic E-state index is -3.09. The molecule has 5 heteroatoms. The molecule has 2 N–H and O–H groups in total. The molecule has 0 aromatic heterocycles. The summed E-state index contributed by atoms with van der Waals surface area (Å²) < 4.78 is 25.6. The van der Waals surface area contributed by atoms with Gasteiger partial charge in [-0.2, -0.15) is 0 Å². The molecule has 0 aliphatic rings. The van der Waals surface area contributed by atoms with Gasteiger partial charge in [-0.25, -0.2) is 13.1 Å². The summed E-state index contributed by atoms with van der Waals surface area (Å²) >= 11 is 0. The monoisotopic (exact) mass is 250 g/mol. The van der Waals surface area contributed by atoms with E-state index >= 15 is 0 Å². The molecule has 0 saturated heterocycles. The Hall–Kier alpha value is -0.130. The smallest absolute Gasteiger partial charge is 0.212 e. The molecule has 0 rings (SSSR count). The molecule has 0 radical (unpaired) electrons. The molecule has 0 aromatic carbocycles. The van der Waals surface area contributed by atoms with Crippen LogP contribution in [-0.2, 0) is 10.0 Å². The first-order chi connectivity index (χ1) is 7.33. The van der Waals surface area contributed by atoms with Gasteiger partial charge in [0, 0.05) is 19.1 Å². The van der Waals surface area contributed by atoms with Crippen LogP contribution in [0.4, 0.5) is 0 Å². The second-order valence-electron chi connectivity index (χ2n) is 4.86. The summed E-state index contributed by atoms with van der Waals surface area (Å²) in [6, 6.07) is 0.330. The van der Waals surface area contributed by atoms with Crippen LogP contribution in [0.25, 0.3) is 0 Å². The third-order valence-electron chi connectivity index (χ3n) is 2.20. The zero-order chi connectivity index (χ0) is 12.6. The predicted octanol–water partition coefficient (Wildman–Crippen LogP) is 1.34. The first kappa shape index (κ1) is 15.9. The van der Waals surface area contributed by atoms with E-state index in [-0.39, 0.29) is 5.75 Å². The van der Waals surface area contributed by atoms with Gasteiger partial charge in [0.15, 0.2) is 0 Å². The predicted molar refractivity (Wildman–Crippen MR) is 69.0 cm³/mol. The average Bonchev–Trinajstić information content (AvgIpc) is 2.11. The molecule has 0 fully saturated rings. The summed E-state index contributed by atoms with van der Waals surface area (Å²) in [4.78, 5) is 0. The van der Waals surface area contributed by atoms with Gasteiger partial charge in [0.25, 0.3) is 0 Å². The van der Waals surface area contributed by atoms with Crippen molar-refractivity contribution in [3.05, 3.63) is 0 Å². The summed E-state index contributed by atoms with van der Waals surface area (Å²) in [7, 11) is -3.09.